The van der Waals surface area contributed by atoms with Crippen LogP contribution in [0.2, 0.25) is 0 Å². The van der Waals surface area contributed by atoms with Crippen molar-refractivity contribution in [2.45, 2.75) is 31.8 Å². The average Bonchev–Trinajstić information content (AvgIpc) is 3.35. The van der Waals surface area contributed by atoms with Crippen molar-refractivity contribution in [3.05, 3.63) is 30.1 Å². The molecule has 1 saturated carbocycles. The zero-order chi connectivity index (χ0) is 17.4. The molecule has 3 aliphatic rings. The molecule has 0 radical (unpaired) electrons. The fourth-order valence-corrected chi connectivity index (χ4v) is 3.88. The Labute approximate surface area is 147 Å². The van der Waals surface area contributed by atoms with Gasteiger partial charge in [0.2, 0.25) is 5.91 Å². The van der Waals surface area contributed by atoms with Gasteiger partial charge in [-0.3, -0.25) is 14.6 Å². The molecule has 134 valence electrons. The molecule has 0 unspecified atom stereocenters. The van der Waals surface area contributed by atoms with Crippen LogP contribution in [0.25, 0.3) is 0 Å². The first-order valence-corrected chi connectivity index (χ1v) is 9.17. The number of hydrogen-bond acceptors (Lipinski definition) is 4. The fraction of sp³-hybridized carbons (Fsp3) is 0.632. The second-order valence-electron chi connectivity index (χ2n) is 7.86. The molecule has 3 fully saturated rings. The Balaban J connectivity index is 1.19. The van der Waals surface area contributed by atoms with Crippen molar-refractivity contribution in [2.24, 2.45) is 17.8 Å². The largest absolute Gasteiger partial charge is 0.371 e. The standard InChI is InChI=1S/C19H25N3O3/c1-13-8-16(13)18(24)22-11-19(12-22)5-2-14(10-25-19)9-21-17(23)15-3-6-20-7-4-15/h3-4,6-7,13-14,16H,2,5,8-12H2,1H3,(H,21,23)/t13-,14-,16+/m1/s1. The Hall–Kier alpha value is -1.95. The van der Waals surface area contributed by atoms with E-state index in [-0.39, 0.29) is 17.4 Å². The van der Waals surface area contributed by atoms with Crippen LogP contribution in [0.3, 0.4) is 0 Å². The smallest absolute Gasteiger partial charge is 0.251 e. The van der Waals surface area contributed by atoms with Crippen LogP contribution in [0.1, 0.15) is 36.5 Å². The molecule has 2 aliphatic heterocycles. The van der Waals surface area contributed by atoms with Crippen molar-refractivity contribution in [2.75, 3.05) is 26.2 Å². The first-order valence-electron chi connectivity index (χ1n) is 9.17. The van der Waals surface area contributed by atoms with Gasteiger partial charge in [0, 0.05) is 30.4 Å². The van der Waals surface area contributed by atoms with E-state index in [1.165, 1.54) is 0 Å². The molecule has 0 bridgehead atoms. The SMILES string of the molecule is C[C@@H]1C[C@@H]1C(=O)N1CC2(CC[C@H](CNC(=O)c3ccncc3)CO2)C1. The zero-order valence-electron chi connectivity index (χ0n) is 14.6. The number of hydrogen-bond donors (Lipinski definition) is 1. The van der Waals surface area contributed by atoms with E-state index in [0.29, 0.717) is 36.5 Å². The molecule has 1 aromatic rings. The minimum Gasteiger partial charge on any atom is -0.371 e. The average molecular weight is 343 g/mol. The third-order valence-electron chi connectivity index (χ3n) is 5.82. The number of rotatable bonds is 4. The molecule has 3 heterocycles. The van der Waals surface area contributed by atoms with E-state index >= 15 is 0 Å². The van der Waals surface area contributed by atoms with Crippen molar-refractivity contribution in [1.82, 2.24) is 15.2 Å². The van der Waals surface area contributed by atoms with E-state index < -0.39 is 0 Å². The molecule has 1 N–H and O–H groups in total. The van der Waals surface area contributed by atoms with Crippen LogP contribution < -0.4 is 5.32 Å². The highest BCUT2D eigenvalue weighted by molar-refractivity contribution is 5.93. The van der Waals surface area contributed by atoms with Gasteiger partial charge in [0.1, 0.15) is 5.60 Å². The summed E-state index contributed by atoms with van der Waals surface area (Å²) < 4.78 is 6.10. The van der Waals surface area contributed by atoms with Gasteiger partial charge in [0.25, 0.3) is 5.91 Å². The number of ether oxygens (including phenoxy) is 1. The molecule has 1 aromatic heterocycles. The number of pyridine rings is 1. The second-order valence-corrected chi connectivity index (χ2v) is 7.86. The quantitative estimate of drug-likeness (QED) is 0.899. The van der Waals surface area contributed by atoms with Crippen LogP contribution in [0.5, 0.6) is 0 Å². The van der Waals surface area contributed by atoms with Crippen molar-refractivity contribution in [3.63, 3.8) is 0 Å². The van der Waals surface area contributed by atoms with Crippen LogP contribution in [0.15, 0.2) is 24.5 Å². The van der Waals surface area contributed by atoms with Crippen LogP contribution in [-0.2, 0) is 9.53 Å². The molecule has 0 aromatic carbocycles. The third-order valence-corrected chi connectivity index (χ3v) is 5.82. The number of carbonyl (C=O) groups is 2. The number of aromatic nitrogens is 1. The summed E-state index contributed by atoms with van der Waals surface area (Å²) >= 11 is 0. The van der Waals surface area contributed by atoms with Gasteiger partial charge in [-0.15, -0.1) is 0 Å². The molecule has 4 rings (SSSR count). The van der Waals surface area contributed by atoms with Crippen LogP contribution in [0.4, 0.5) is 0 Å². The summed E-state index contributed by atoms with van der Waals surface area (Å²) in [5.41, 5.74) is 0.505. The van der Waals surface area contributed by atoms with Crippen LogP contribution in [0, 0.1) is 17.8 Å². The third kappa shape index (κ3) is 3.40. The summed E-state index contributed by atoms with van der Waals surface area (Å²) in [6.45, 7) is 4.90. The molecule has 1 aliphatic carbocycles. The second kappa shape index (κ2) is 6.41. The fourth-order valence-electron chi connectivity index (χ4n) is 3.88. The topological polar surface area (TPSA) is 71.5 Å². The lowest BCUT2D eigenvalue weighted by Gasteiger charge is -2.53. The summed E-state index contributed by atoms with van der Waals surface area (Å²) in [7, 11) is 0. The highest BCUT2D eigenvalue weighted by Crippen LogP contribution is 2.43. The first kappa shape index (κ1) is 16.5. The van der Waals surface area contributed by atoms with Crippen LogP contribution >= 0.6 is 0 Å². The van der Waals surface area contributed by atoms with Gasteiger partial charge < -0.3 is 15.0 Å². The van der Waals surface area contributed by atoms with Gasteiger partial charge in [-0.25, -0.2) is 0 Å². The number of nitrogens with one attached hydrogen (secondary N) is 1. The summed E-state index contributed by atoms with van der Waals surface area (Å²) in [6, 6.07) is 3.42. The lowest BCUT2D eigenvalue weighted by Crippen LogP contribution is -2.66. The molecule has 2 amide bonds. The number of carbonyl (C=O) groups excluding carboxylic acids is 2. The van der Waals surface area contributed by atoms with Crippen molar-refractivity contribution in [3.8, 4) is 0 Å². The maximum Gasteiger partial charge on any atom is 0.251 e. The Morgan fingerprint density at radius 1 is 1.36 bits per heavy atom. The molecule has 6 heteroatoms. The summed E-state index contributed by atoms with van der Waals surface area (Å²) in [5.74, 6) is 1.40. The zero-order valence-corrected chi connectivity index (χ0v) is 14.6. The van der Waals surface area contributed by atoms with E-state index in [4.69, 9.17) is 4.74 Å². The maximum absolute atomic E-state index is 12.2. The lowest BCUT2D eigenvalue weighted by atomic mass is 9.82. The molecule has 25 heavy (non-hydrogen) atoms. The minimum absolute atomic E-state index is 0.0679. The monoisotopic (exact) mass is 343 g/mol. The molecule has 2 saturated heterocycles. The summed E-state index contributed by atoms with van der Waals surface area (Å²) in [5, 5.41) is 2.98. The number of amides is 2. The maximum atomic E-state index is 12.2. The van der Waals surface area contributed by atoms with E-state index in [1.54, 1.807) is 24.5 Å². The van der Waals surface area contributed by atoms with E-state index in [2.05, 4.69) is 17.2 Å². The molecule has 1 spiro atoms. The van der Waals surface area contributed by atoms with E-state index in [0.717, 1.165) is 32.4 Å². The van der Waals surface area contributed by atoms with Gasteiger partial charge >= 0.3 is 0 Å². The molecule has 6 nitrogen and oxygen atoms in total. The Morgan fingerprint density at radius 3 is 2.68 bits per heavy atom. The van der Waals surface area contributed by atoms with Crippen LogP contribution in [-0.4, -0.2) is 53.5 Å². The Morgan fingerprint density at radius 2 is 2.08 bits per heavy atom. The lowest BCUT2D eigenvalue weighted by molar-refractivity contribution is -0.189. The van der Waals surface area contributed by atoms with E-state index in [9.17, 15) is 9.59 Å². The molecular weight excluding hydrogens is 318 g/mol. The highest BCUT2D eigenvalue weighted by Gasteiger charge is 2.52. The van der Waals surface area contributed by atoms with Gasteiger partial charge in [0.05, 0.1) is 19.7 Å². The summed E-state index contributed by atoms with van der Waals surface area (Å²) in [6.07, 6.45) is 6.27. The van der Waals surface area contributed by atoms with Gasteiger partial charge in [0.15, 0.2) is 0 Å². The van der Waals surface area contributed by atoms with Gasteiger partial charge in [-0.2, -0.15) is 0 Å². The van der Waals surface area contributed by atoms with Crippen molar-refractivity contribution < 1.29 is 14.3 Å². The number of likely N-dealkylation sites (tertiary alicyclic amines) is 1. The molecule has 3 atom stereocenters. The van der Waals surface area contributed by atoms with E-state index in [1.807, 2.05) is 4.90 Å². The van der Waals surface area contributed by atoms with Crippen molar-refractivity contribution >= 4 is 11.8 Å². The predicted octanol–water partition coefficient (Wildman–Crippen LogP) is 1.47. The predicted molar refractivity (Wildman–Crippen MR) is 91.8 cm³/mol. The summed E-state index contributed by atoms with van der Waals surface area (Å²) in [4.78, 5) is 30.2. The van der Waals surface area contributed by atoms with Gasteiger partial charge in [-0.05, 0) is 43.2 Å². The normalized spacial score (nSPS) is 29.8. The number of nitrogens with zero attached hydrogens (tertiary/aromatic N) is 2. The molecular formula is C19H25N3O3. The van der Waals surface area contributed by atoms with Crippen molar-refractivity contribution in [1.29, 1.82) is 0 Å². The Kier molecular flexibility index (Phi) is 4.23. The Bertz CT molecular complexity index is 647. The highest BCUT2D eigenvalue weighted by atomic mass is 16.5. The van der Waals surface area contributed by atoms with Gasteiger partial charge in [-0.1, -0.05) is 6.92 Å². The first-order chi connectivity index (χ1) is 12.1. The minimum atomic E-state index is -0.126.